The number of aliphatic hydroxyl groups excluding tert-OH is 1. The van der Waals surface area contributed by atoms with E-state index in [1.807, 2.05) is 43.3 Å². The van der Waals surface area contributed by atoms with Crippen LogP contribution >= 0.6 is 11.6 Å². The summed E-state index contributed by atoms with van der Waals surface area (Å²) in [5.41, 5.74) is 4.23. The van der Waals surface area contributed by atoms with Crippen molar-refractivity contribution in [1.29, 1.82) is 0 Å². The van der Waals surface area contributed by atoms with Gasteiger partial charge in [0.15, 0.2) is 0 Å². The van der Waals surface area contributed by atoms with Crippen molar-refractivity contribution in [1.82, 2.24) is 0 Å². The second kappa shape index (κ2) is 5.17. The third-order valence-electron chi connectivity index (χ3n) is 4.01. The summed E-state index contributed by atoms with van der Waals surface area (Å²) < 4.78 is 0. The maximum absolute atomic E-state index is 11.7. The van der Waals surface area contributed by atoms with Gasteiger partial charge in [-0.2, -0.15) is 0 Å². The monoisotopic (exact) mass is 301 g/mol. The smallest absolute Gasteiger partial charge is 0.231 e. The van der Waals surface area contributed by atoms with Gasteiger partial charge in [-0.1, -0.05) is 41.9 Å². The van der Waals surface area contributed by atoms with E-state index in [-0.39, 0.29) is 5.91 Å². The second-order valence-electron chi connectivity index (χ2n) is 5.40. The van der Waals surface area contributed by atoms with Gasteiger partial charge in [0, 0.05) is 23.3 Å². The van der Waals surface area contributed by atoms with Gasteiger partial charge < -0.3 is 10.0 Å². The van der Waals surface area contributed by atoms with Gasteiger partial charge in [-0.05, 0) is 29.7 Å². The number of nitrogens with zero attached hydrogens (tertiary/aromatic N) is 1. The molecular formula is C17H16ClNO2. The molecule has 0 aromatic heterocycles. The number of carbonyl (C=O) groups excluding carboxylic acids is 1. The predicted molar refractivity (Wildman–Crippen MR) is 83.8 cm³/mol. The number of rotatable bonds is 2. The van der Waals surface area contributed by atoms with Gasteiger partial charge in [0.25, 0.3) is 0 Å². The molecule has 2 aromatic carbocycles. The van der Waals surface area contributed by atoms with Gasteiger partial charge in [0.1, 0.15) is 6.10 Å². The molecular weight excluding hydrogens is 286 g/mol. The van der Waals surface area contributed by atoms with Crippen LogP contribution in [0.15, 0.2) is 36.4 Å². The van der Waals surface area contributed by atoms with E-state index < -0.39 is 6.10 Å². The summed E-state index contributed by atoms with van der Waals surface area (Å²) in [5, 5.41) is 11.2. The van der Waals surface area contributed by atoms with Gasteiger partial charge in [-0.25, -0.2) is 0 Å². The Bertz CT molecular complexity index is 727. The molecule has 0 saturated carbocycles. The van der Waals surface area contributed by atoms with Crippen LogP contribution in [0.2, 0.25) is 5.02 Å². The number of halogens is 1. The molecule has 1 atom stereocenters. The zero-order valence-corrected chi connectivity index (χ0v) is 12.7. The van der Waals surface area contributed by atoms with Crippen LogP contribution < -0.4 is 4.90 Å². The SMILES string of the molecule is Cc1cccc(C(O)c2ccc3c(c2)CC(=O)N3C)c1Cl. The Morgan fingerprint density at radius 1 is 1.29 bits per heavy atom. The van der Waals surface area contributed by atoms with Crippen molar-refractivity contribution < 1.29 is 9.90 Å². The summed E-state index contributed by atoms with van der Waals surface area (Å²) in [6.45, 7) is 1.91. The molecule has 1 amide bonds. The molecule has 2 aromatic rings. The van der Waals surface area contributed by atoms with E-state index in [4.69, 9.17) is 11.6 Å². The Balaban J connectivity index is 2.00. The molecule has 1 aliphatic heterocycles. The van der Waals surface area contributed by atoms with E-state index in [0.29, 0.717) is 17.0 Å². The summed E-state index contributed by atoms with van der Waals surface area (Å²) in [6, 6.07) is 11.2. The Kier molecular flexibility index (Phi) is 3.47. The standard InChI is InChI=1S/C17H16ClNO2/c1-10-4-3-5-13(16(10)18)17(21)11-6-7-14-12(8-11)9-15(20)19(14)2/h3-8,17,21H,9H2,1-2H3. The van der Waals surface area contributed by atoms with Crippen LogP contribution in [0.1, 0.15) is 28.4 Å². The highest BCUT2D eigenvalue weighted by Gasteiger charge is 2.25. The van der Waals surface area contributed by atoms with Crippen molar-refractivity contribution in [3.63, 3.8) is 0 Å². The van der Waals surface area contributed by atoms with Crippen molar-refractivity contribution in [2.24, 2.45) is 0 Å². The lowest BCUT2D eigenvalue weighted by Crippen LogP contribution is -2.20. The third kappa shape index (κ3) is 2.33. The van der Waals surface area contributed by atoms with Crippen LogP contribution in [-0.4, -0.2) is 18.1 Å². The molecule has 1 aliphatic rings. The first-order valence-corrected chi connectivity index (χ1v) is 7.19. The van der Waals surface area contributed by atoms with E-state index in [1.54, 1.807) is 11.9 Å². The van der Waals surface area contributed by atoms with Crippen LogP contribution in [-0.2, 0) is 11.2 Å². The lowest BCUT2D eigenvalue weighted by Gasteiger charge is -2.16. The predicted octanol–water partition coefficient (Wildman–Crippen LogP) is 3.25. The maximum atomic E-state index is 11.7. The normalized spacial score (nSPS) is 15.2. The van der Waals surface area contributed by atoms with E-state index in [9.17, 15) is 9.90 Å². The van der Waals surface area contributed by atoms with E-state index in [1.165, 1.54) is 0 Å². The lowest BCUT2D eigenvalue weighted by atomic mass is 9.97. The summed E-state index contributed by atoms with van der Waals surface area (Å²) in [4.78, 5) is 13.4. The average Bonchev–Trinajstić information content (AvgIpc) is 2.76. The summed E-state index contributed by atoms with van der Waals surface area (Å²) in [7, 11) is 1.77. The molecule has 1 heterocycles. The van der Waals surface area contributed by atoms with E-state index in [0.717, 1.165) is 22.4 Å². The molecule has 1 N–H and O–H groups in total. The minimum absolute atomic E-state index is 0.0743. The Morgan fingerprint density at radius 2 is 2.05 bits per heavy atom. The Morgan fingerprint density at radius 3 is 2.81 bits per heavy atom. The van der Waals surface area contributed by atoms with Gasteiger partial charge in [-0.3, -0.25) is 4.79 Å². The quantitative estimate of drug-likeness (QED) is 0.925. The van der Waals surface area contributed by atoms with E-state index in [2.05, 4.69) is 0 Å². The number of aryl methyl sites for hydroxylation is 1. The summed E-state index contributed by atoms with van der Waals surface area (Å²) >= 11 is 6.28. The molecule has 21 heavy (non-hydrogen) atoms. The lowest BCUT2D eigenvalue weighted by molar-refractivity contribution is -0.117. The molecule has 108 valence electrons. The number of amides is 1. The van der Waals surface area contributed by atoms with Crippen molar-refractivity contribution in [3.8, 4) is 0 Å². The van der Waals surface area contributed by atoms with Gasteiger partial charge in [0.2, 0.25) is 5.91 Å². The number of benzene rings is 2. The number of hydrogen-bond acceptors (Lipinski definition) is 2. The van der Waals surface area contributed by atoms with Crippen LogP contribution in [0.25, 0.3) is 0 Å². The fourth-order valence-electron chi connectivity index (χ4n) is 2.72. The van der Waals surface area contributed by atoms with Gasteiger partial charge in [0.05, 0.1) is 6.42 Å². The Hall–Kier alpha value is -1.84. The van der Waals surface area contributed by atoms with Crippen LogP contribution in [0.3, 0.4) is 0 Å². The minimum atomic E-state index is -0.788. The zero-order chi connectivity index (χ0) is 15.1. The molecule has 0 aliphatic carbocycles. The molecule has 4 heteroatoms. The molecule has 3 rings (SSSR count). The van der Waals surface area contributed by atoms with Crippen molar-refractivity contribution in [3.05, 3.63) is 63.7 Å². The molecule has 0 radical (unpaired) electrons. The molecule has 0 fully saturated rings. The van der Waals surface area contributed by atoms with Crippen molar-refractivity contribution in [2.45, 2.75) is 19.4 Å². The van der Waals surface area contributed by atoms with Crippen LogP contribution in [0, 0.1) is 6.92 Å². The average molecular weight is 302 g/mol. The van der Waals surface area contributed by atoms with Gasteiger partial charge in [-0.15, -0.1) is 0 Å². The third-order valence-corrected chi connectivity index (χ3v) is 4.53. The molecule has 3 nitrogen and oxygen atoms in total. The fraction of sp³-hybridized carbons (Fsp3) is 0.235. The first kappa shape index (κ1) is 14.1. The number of fused-ring (bicyclic) bond motifs is 1. The highest BCUT2D eigenvalue weighted by atomic mass is 35.5. The highest BCUT2D eigenvalue weighted by molar-refractivity contribution is 6.32. The highest BCUT2D eigenvalue weighted by Crippen LogP contribution is 2.34. The maximum Gasteiger partial charge on any atom is 0.231 e. The fourth-order valence-corrected chi connectivity index (χ4v) is 2.95. The molecule has 0 spiro atoms. The molecule has 1 unspecified atom stereocenters. The first-order chi connectivity index (χ1) is 9.99. The van der Waals surface area contributed by atoms with Crippen molar-refractivity contribution in [2.75, 3.05) is 11.9 Å². The zero-order valence-electron chi connectivity index (χ0n) is 11.9. The van der Waals surface area contributed by atoms with Crippen LogP contribution in [0.5, 0.6) is 0 Å². The van der Waals surface area contributed by atoms with Gasteiger partial charge >= 0.3 is 0 Å². The minimum Gasteiger partial charge on any atom is -0.384 e. The first-order valence-electron chi connectivity index (χ1n) is 6.81. The number of aliphatic hydroxyl groups is 1. The topological polar surface area (TPSA) is 40.5 Å². The second-order valence-corrected chi connectivity index (χ2v) is 5.78. The van der Waals surface area contributed by atoms with Crippen molar-refractivity contribution >= 4 is 23.2 Å². The Labute approximate surface area is 128 Å². The number of likely N-dealkylation sites (N-methyl/N-ethyl adjacent to an activating group) is 1. The number of anilines is 1. The van der Waals surface area contributed by atoms with E-state index >= 15 is 0 Å². The summed E-state index contributed by atoms with van der Waals surface area (Å²) in [6.07, 6.45) is -0.405. The number of hydrogen-bond donors (Lipinski definition) is 1. The molecule has 0 saturated heterocycles. The molecule has 0 bridgehead atoms. The van der Waals surface area contributed by atoms with Crippen LogP contribution in [0.4, 0.5) is 5.69 Å². The largest absolute Gasteiger partial charge is 0.384 e. The summed E-state index contributed by atoms with van der Waals surface area (Å²) in [5.74, 6) is 0.0743. The number of carbonyl (C=O) groups is 1.